The summed E-state index contributed by atoms with van der Waals surface area (Å²) in [5, 5.41) is 0. The topological polar surface area (TPSA) is 72.6 Å². The van der Waals surface area contributed by atoms with Crippen LogP contribution in [0.1, 0.15) is 10.4 Å². The molecule has 0 atom stereocenters. The fourth-order valence-corrected chi connectivity index (χ4v) is 2.99. The van der Waals surface area contributed by atoms with Crippen molar-refractivity contribution >= 4 is 28.1 Å². The SMILES string of the molecule is COC(=O)c1ccc(N)c(N2CCS(=O)CC2)c1. The van der Waals surface area contributed by atoms with Gasteiger partial charge in [-0.2, -0.15) is 0 Å². The smallest absolute Gasteiger partial charge is 0.337 e. The third kappa shape index (κ3) is 2.64. The van der Waals surface area contributed by atoms with Crippen molar-refractivity contribution in [3.63, 3.8) is 0 Å². The molecule has 0 unspecified atom stereocenters. The largest absolute Gasteiger partial charge is 0.465 e. The van der Waals surface area contributed by atoms with Crippen LogP contribution in [0.2, 0.25) is 0 Å². The molecule has 1 aromatic carbocycles. The van der Waals surface area contributed by atoms with Crippen LogP contribution in [0.5, 0.6) is 0 Å². The third-order valence-corrected chi connectivity index (χ3v) is 4.25. The lowest BCUT2D eigenvalue weighted by atomic mass is 10.1. The average Bonchev–Trinajstić information content (AvgIpc) is 2.39. The number of methoxy groups -OCH3 is 1. The molecule has 0 spiro atoms. The van der Waals surface area contributed by atoms with Gasteiger partial charge in [0, 0.05) is 35.4 Å². The van der Waals surface area contributed by atoms with Crippen molar-refractivity contribution in [2.75, 3.05) is 42.3 Å². The first-order chi connectivity index (χ1) is 8.61. The Labute approximate surface area is 108 Å². The fraction of sp³-hybridized carbons (Fsp3) is 0.417. The van der Waals surface area contributed by atoms with Crippen molar-refractivity contribution in [1.82, 2.24) is 0 Å². The Morgan fingerprint density at radius 3 is 2.67 bits per heavy atom. The number of nitrogens with two attached hydrogens (primary N) is 1. The Balaban J connectivity index is 2.26. The highest BCUT2D eigenvalue weighted by molar-refractivity contribution is 7.85. The van der Waals surface area contributed by atoms with E-state index in [-0.39, 0.29) is 5.97 Å². The highest BCUT2D eigenvalue weighted by atomic mass is 32.2. The number of nitrogen functional groups attached to an aromatic ring is 1. The molecule has 98 valence electrons. The van der Waals surface area contributed by atoms with Crippen LogP contribution < -0.4 is 10.6 Å². The molecule has 0 amide bonds. The molecule has 6 heteroatoms. The Morgan fingerprint density at radius 1 is 1.39 bits per heavy atom. The average molecular weight is 268 g/mol. The minimum Gasteiger partial charge on any atom is -0.465 e. The summed E-state index contributed by atoms with van der Waals surface area (Å²) in [6, 6.07) is 5.08. The quantitative estimate of drug-likeness (QED) is 0.629. The van der Waals surface area contributed by atoms with Gasteiger partial charge in [-0.25, -0.2) is 4.79 Å². The number of hydrogen-bond acceptors (Lipinski definition) is 5. The van der Waals surface area contributed by atoms with Gasteiger partial charge in [-0.1, -0.05) is 0 Å². The fourth-order valence-electron chi connectivity index (χ4n) is 1.94. The maximum Gasteiger partial charge on any atom is 0.337 e. The number of anilines is 2. The van der Waals surface area contributed by atoms with Gasteiger partial charge in [0.1, 0.15) is 0 Å². The molecular weight excluding hydrogens is 252 g/mol. The number of carbonyl (C=O) groups is 1. The summed E-state index contributed by atoms with van der Waals surface area (Å²) >= 11 is 0. The van der Waals surface area contributed by atoms with E-state index in [1.54, 1.807) is 18.2 Å². The molecule has 0 bridgehead atoms. The van der Waals surface area contributed by atoms with Crippen molar-refractivity contribution in [2.45, 2.75) is 0 Å². The van der Waals surface area contributed by atoms with E-state index in [0.717, 1.165) is 5.69 Å². The zero-order valence-corrected chi connectivity index (χ0v) is 11.0. The zero-order valence-electron chi connectivity index (χ0n) is 10.2. The van der Waals surface area contributed by atoms with E-state index in [4.69, 9.17) is 5.73 Å². The molecular formula is C12H16N2O3S. The maximum atomic E-state index is 11.5. The zero-order chi connectivity index (χ0) is 13.1. The van der Waals surface area contributed by atoms with E-state index in [2.05, 4.69) is 9.64 Å². The van der Waals surface area contributed by atoms with Crippen molar-refractivity contribution in [3.8, 4) is 0 Å². The number of nitrogens with zero attached hydrogens (tertiary/aromatic N) is 1. The van der Waals surface area contributed by atoms with Crippen LogP contribution >= 0.6 is 0 Å². The van der Waals surface area contributed by atoms with Gasteiger partial charge in [0.2, 0.25) is 0 Å². The second-order valence-corrected chi connectivity index (χ2v) is 5.80. The van der Waals surface area contributed by atoms with Crippen LogP contribution in [0, 0.1) is 0 Å². The first-order valence-corrected chi connectivity index (χ1v) is 7.18. The minimum absolute atomic E-state index is 0.378. The van der Waals surface area contributed by atoms with Crippen LogP contribution in [0.25, 0.3) is 0 Å². The molecule has 1 fully saturated rings. The molecule has 2 N–H and O–H groups in total. The Bertz CT molecular complexity index is 480. The predicted octanol–water partition coefficient (Wildman–Crippen LogP) is 0.624. The van der Waals surface area contributed by atoms with Gasteiger partial charge in [0.05, 0.1) is 24.0 Å². The summed E-state index contributed by atoms with van der Waals surface area (Å²) in [6.07, 6.45) is 0. The normalized spacial score (nSPS) is 16.6. The molecule has 1 saturated heterocycles. The van der Waals surface area contributed by atoms with Crippen LogP contribution in [-0.4, -0.2) is 41.9 Å². The molecule has 1 aliphatic rings. The Morgan fingerprint density at radius 2 is 2.06 bits per heavy atom. The van der Waals surface area contributed by atoms with Gasteiger partial charge in [-0.05, 0) is 18.2 Å². The monoisotopic (exact) mass is 268 g/mol. The van der Waals surface area contributed by atoms with Crippen molar-refractivity contribution < 1.29 is 13.7 Å². The molecule has 18 heavy (non-hydrogen) atoms. The van der Waals surface area contributed by atoms with E-state index >= 15 is 0 Å². The number of esters is 1. The molecule has 5 nitrogen and oxygen atoms in total. The molecule has 0 radical (unpaired) electrons. The summed E-state index contributed by atoms with van der Waals surface area (Å²) in [4.78, 5) is 13.5. The van der Waals surface area contributed by atoms with Gasteiger partial charge in [0.25, 0.3) is 0 Å². The molecule has 1 heterocycles. The number of carbonyl (C=O) groups excluding carboxylic acids is 1. The standard InChI is InChI=1S/C12H16N2O3S/c1-17-12(15)9-2-3-10(13)11(8-9)14-4-6-18(16)7-5-14/h2-3,8H,4-7,13H2,1H3. The highest BCUT2D eigenvalue weighted by Crippen LogP contribution is 2.26. The summed E-state index contributed by atoms with van der Waals surface area (Å²) < 4.78 is 16.0. The predicted molar refractivity (Wildman–Crippen MR) is 72.3 cm³/mol. The first kappa shape index (κ1) is 12.9. The van der Waals surface area contributed by atoms with Gasteiger partial charge in [0.15, 0.2) is 0 Å². The number of rotatable bonds is 2. The van der Waals surface area contributed by atoms with Gasteiger partial charge in [-0.3, -0.25) is 4.21 Å². The van der Waals surface area contributed by atoms with Gasteiger partial charge in [-0.15, -0.1) is 0 Å². The minimum atomic E-state index is -0.731. The first-order valence-electron chi connectivity index (χ1n) is 5.69. The number of ether oxygens (including phenoxy) is 1. The highest BCUT2D eigenvalue weighted by Gasteiger charge is 2.18. The van der Waals surface area contributed by atoms with Crippen LogP contribution in [-0.2, 0) is 15.5 Å². The molecule has 2 rings (SSSR count). The van der Waals surface area contributed by atoms with E-state index in [1.807, 2.05) is 0 Å². The van der Waals surface area contributed by atoms with Crippen molar-refractivity contribution in [3.05, 3.63) is 23.8 Å². The molecule has 0 aliphatic carbocycles. The molecule has 0 aromatic heterocycles. The lowest BCUT2D eigenvalue weighted by Gasteiger charge is -2.29. The molecule has 0 saturated carbocycles. The second-order valence-electron chi connectivity index (χ2n) is 4.10. The van der Waals surface area contributed by atoms with E-state index in [9.17, 15) is 9.00 Å². The summed E-state index contributed by atoms with van der Waals surface area (Å²) in [5.74, 6) is 0.904. The van der Waals surface area contributed by atoms with Crippen molar-refractivity contribution in [2.24, 2.45) is 0 Å². The Kier molecular flexibility index (Phi) is 3.86. The summed E-state index contributed by atoms with van der Waals surface area (Å²) in [7, 11) is 0.618. The lowest BCUT2D eigenvalue weighted by molar-refractivity contribution is 0.0601. The van der Waals surface area contributed by atoms with E-state index in [1.165, 1.54) is 7.11 Å². The van der Waals surface area contributed by atoms with Crippen LogP contribution in [0.15, 0.2) is 18.2 Å². The maximum absolute atomic E-state index is 11.5. The van der Waals surface area contributed by atoms with Gasteiger partial charge < -0.3 is 15.4 Å². The lowest BCUT2D eigenvalue weighted by Crippen LogP contribution is -2.38. The Hall–Kier alpha value is -1.56. The summed E-state index contributed by atoms with van der Waals surface area (Å²) in [6.45, 7) is 1.39. The van der Waals surface area contributed by atoms with Crippen LogP contribution in [0.4, 0.5) is 11.4 Å². The van der Waals surface area contributed by atoms with Crippen molar-refractivity contribution in [1.29, 1.82) is 0 Å². The number of benzene rings is 1. The van der Waals surface area contributed by atoms with E-state index < -0.39 is 10.8 Å². The second kappa shape index (κ2) is 5.39. The summed E-state index contributed by atoms with van der Waals surface area (Å²) in [5.41, 5.74) is 7.84. The molecule has 1 aliphatic heterocycles. The van der Waals surface area contributed by atoms with Crippen LogP contribution in [0.3, 0.4) is 0 Å². The van der Waals surface area contributed by atoms with E-state index in [0.29, 0.717) is 35.8 Å². The third-order valence-electron chi connectivity index (χ3n) is 2.97. The van der Waals surface area contributed by atoms with Gasteiger partial charge >= 0.3 is 5.97 Å². The number of hydrogen-bond donors (Lipinski definition) is 1. The molecule has 1 aromatic rings.